The van der Waals surface area contributed by atoms with Crippen LogP contribution in [0.1, 0.15) is 23.3 Å². The third-order valence-electron chi connectivity index (χ3n) is 5.67. The molecule has 0 atom stereocenters. The number of amides is 2. The summed E-state index contributed by atoms with van der Waals surface area (Å²) in [5.41, 5.74) is 8.04. The molecule has 1 fully saturated rings. The summed E-state index contributed by atoms with van der Waals surface area (Å²) in [4.78, 5) is 39.3. The van der Waals surface area contributed by atoms with Gasteiger partial charge < -0.3 is 19.8 Å². The molecule has 1 aliphatic heterocycles. The quantitative estimate of drug-likeness (QED) is 0.521. The highest BCUT2D eigenvalue weighted by molar-refractivity contribution is 6.43. The molecule has 0 unspecified atom stereocenters. The largest absolute Gasteiger partial charge is 0.497 e. The summed E-state index contributed by atoms with van der Waals surface area (Å²) in [6.07, 6.45) is 2.74. The van der Waals surface area contributed by atoms with Crippen molar-refractivity contribution in [1.82, 2.24) is 9.30 Å². The molecular weight excluding hydrogens is 382 g/mol. The van der Waals surface area contributed by atoms with Crippen LogP contribution in [0, 0.1) is 5.92 Å². The maximum absolute atomic E-state index is 13.3. The highest BCUT2D eigenvalue weighted by Crippen LogP contribution is 2.30. The number of nitrogens with two attached hydrogens (primary N) is 1. The van der Waals surface area contributed by atoms with Crippen LogP contribution in [0.25, 0.3) is 16.6 Å². The van der Waals surface area contributed by atoms with E-state index in [1.807, 2.05) is 48.5 Å². The summed E-state index contributed by atoms with van der Waals surface area (Å²) in [6.45, 7) is 0.693. The summed E-state index contributed by atoms with van der Waals surface area (Å²) >= 11 is 0. The van der Waals surface area contributed by atoms with Crippen molar-refractivity contribution in [1.29, 1.82) is 0 Å². The van der Waals surface area contributed by atoms with Gasteiger partial charge in [0, 0.05) is 36.3 Å². The monoisotopic (exact) mass is 405 g/mol. The number of ether oxygens (including phenoxy) is 1. The van der Waals surface area contributed by atoms with E-state index < -0.39 is 11.7 Å². The highest BCUT2D eigenvalue weighted by Gasteiger charge is 2.32. The van der Waals surface area contributed by atoms with E-state index in [-0.39, 0.29) is 11.8 Å². The van der Waals surface area contributed by atoms with Gasteiger partial charge in [-0.3, -0.25) is 14.4 Å². The number of carbonyl (C=O) groups is 3. The van der Waals surface area contributed by atoms with Gasteiger partial charge in [-0.25, -0.2) is 0 Å². The first-order chi connectivity index (χ1) is 14.5. The van der Waals surface area contributed by atoms with Gasteiger partial charge in [0.05, 0.1) is 7.11 Å². The van der Waals surface area contributed by atoms with E-state index in [1.54, 1.807) is 17.7 Å². The van der Waals surface area contributed by atoms with Crippen LogP contribution in [0.3, 0.4) is 0 Å². The second-order valence-corrected chi connectivity index (χ2v) is 7.43. The van der Waals surface area contributed by atoms with Crippen LogP contribution < -0.4 is 10.5 Å². The van der Waals surface area contributed by atoms with Gasteiger partial charge in [0.25, 0.3) is 11.7 Å². The second kappa shape index (κ2) is 8.02. The average Bonchev–Trinajstić information content (AvgIpc) is 3.17. The van der Waals surface area contributed by atoms with E-state index in [1.165, 1.54) is 4.90 Å². The van der Waals surface area contributed by atoms with Gasteiger partial charge in [-0.1, -0.05) is 18.2 Å². The topological polar surface area (TPSA) is 94.1 Å². The number of pyridine rings is 1. The van der Waals surface area contributed by atoms with Gasteiger partial charge in [0.2, 0.25) is 5.91 Å². The fourth-order valence-electron chi connectivity index (χ4n) is 3.96. The van der Waals surface area contributed by atoms with Crippen molar-refractivity contribution in [2.45, 2.75) is 12.8 Å². The number of methoxy groups -OCH3 is 1. The Bertz CT molecular complexity index is 1110. The van der Waals surface area contributed by atoms with Crippen LogP contribution in [0.2, 0.25) is 0 Å². The molecule has 30 heavy (non-hydrogen) atoms. The van der Waals surface area contributed by atoms with Crippen molar-refractivity contribution in [2.75, 3.05) is 20.2 Å². The number of rotatable bonds is 5. The van der Waals surface area contributed by atoms with E-state index in [2.05, 4.69) is 0 Å². The van der Waals surface area contributed by atoms with Gasteiger partial charge in [-0.15, -0.1) is 0 Å². The van der Waals surface area contributed by atoms with Gasteiger partial charge in [0.1, 0.15) is 11.4 Å². The fourth-order valence-corrected chi connectivity index (χ4v) is 3.96. The first kappa shape index (κ1) is 19.7. The van der Waals surface area contributed by atoms with E-state index in [4.69, 9.17) is 10.5 Å². The Labute approximate surface area is 174 Å². The number of benzene rings is 1. The van der Waals surface area contributed by atoms with Crippen molar-refractivity contribution >= 4 is 23.1 Å². The molecular formula is C23H23N3O4. The third kappa shape index (κ3) is 3.54. The van der Waals surface area contributed by atoms with Gasteiger partial charge in [0.15, 0.2) is 0 Å². The van der Waals surface area contributed by atoms with Gasteiger partial charge in [-0.2, -0.15) is 0 Å². The smallest absolute Gasteiger partial charge is 0.296 e. The summed E-state index contributed by atoms with van der Waals surface area (Å²) in [7, 11) is 1.59. The number of aromatic nitrogens is 1. The molecule has 2 N–H and O–H groups in total. The van der Waals surface area contributed by atoms with Crippen molar-refractivity contribution in [3.8, 4) is 16.9 Å². The number of Topliss-reactive ketones (excluding diaryl/α,β-unsaturated/α-hetero) is 1. The maximum Gasteiger partial charge on any atom is 0.296 e. The molecule has 3 aromatic rings. The molecule has 4 rings (SSSR count). The first-order valence-electron chi connectivity index (χ1n) is 9.87. The van der Waals surface area contributed by atoms with Crippen LogP contribution in [0.4, 0.5) is 0 Å². The molecule has 2 aromatic heterocycles. The predicted molar refractivity (Wildman–Crippen MR) is 112 cm³/mol. The molecule has 1 aromatic carbocycles. The van der Waals surface area contributed by atoms with Crippen LogP contribution >= 0.6 is 0 Å². The average molecular weight is 405 g/mol. The number of fused-ring (bicyclic) bond motifs is 1. The Hall–Kier alpha value is -3.61. The van der Waals surface area contributed by atoms with Crippen LogP contribution in [0.5, 0.6) is 5.75 Å². The summed E-state index contributed by atoms with van der Waals surface area (Å²) in [5.74, 6) is -1.01. The van der Waals surface area contributed by atoms with E-state index >= 15 is 0 Å². The zero-order valence-electron chi connectivity index (χ0n) is 16.7. The Kier molecular flexibility index (Phi) is 5.27. The first-order valence-corrected chi connectivity index (χ1v) is 9.87. The Morgan fingerprint density at radius 1 is 1.03 bits per heavy atom. The van der Waals surface area contributed by atoms with Crippen LogP contribution in [-0.4, -0.2) is 47.1 Å². The van der Waals surface area contributed by atoms with Crippen molar-refractivity contribution < 1.29 is 19.1 Å². The minimum atomic E-state index is -0.565. The van der Waals surface area contributed by atoms with Gasteiger partial charge in [-0.05, 0) is 48.7 Å². The Balaban J connectivity index is 1.69. The lowest BCUT2D eigenvalue weighted by Gasteiger charge is -2.30. The minimum Gasteiger partial charge on any atom is -0.497 e. The van der Waals surface area contributed by atoms with Crippen molar-refractivity contribution in [3.63, 3.8) is 0 Å². The lowest BCUT2D eigenvalue weighted by atomic mass is 9.95. The molecule has 1 saturated heterocycles. The van der Waals surface area contributed by atoms with E-state index in [9.17, 15) is 14.4 Å². The molecule has 7 heteroatoms. The molecule has 0 saturated carbocycles. The SMILES string of the molecule is COc1ccc(-c2cc3ccccn3c2C(=O)C(=O)N2CCC(C(N)=O)CC2)cc1. The molecule has 7 nitrogen and oxygen atoms in total. The standard InChI is InChI=1S/C23H23N3O4/c1-30-18-7-5-15(6-8-18)19-14-17-4-2-3-11-26(17)20(19)21(27)23(29)25-12-9-16(10-13-25)22(24)28/h2-8,11,14,16H,9-10,12-13H2,1H3,(H2,24,28). The zero-order valence-corrected chi connectivity index (χ0v) is 16.7. The van der Waals surface area contributed by atoms with Gasteiger partial charge >= 0.3 is 0 Å². The van der Waals surface area contributed by atoms with Crippen molar-refractivity contribution in [3.05, 3.63) is 60.4 Å². The second-order valence-electron chi connectivity index (χ2n) is 7.43. The van der Waals surface area contributed by atoms with Crippen LogP contribution in [0.15, 0.2) is 54.7 Å². The zero-order chi connectivity index (χ0) is 21.3. The summed E-state index contributed by atoms with van der Waals surface area (Å²) in [6, 6.07) is 14.9. The number of primary amides is 1. The number of piperidine rings is 1. The maximum atomic E-state index is 13.3. The number of nitrogens with zero attached hydrogens (tertiary/aromatic N) is 2. The minimum absolute atomic E-state index is 0.242. The van der Waals surface area contributed by atoms with Crippen LogP contribution in [-0.2, 0) is 9.59 Å². The molecule has 0 bridgehead atoms. The number of hydrogen-bond donors (Lipinski definition) is 1. The number of ketones is 1. The normalized spacial score (nSPS) is 14.6. The molecule has 0 spiro atoms. The predicted octanol–water partition coefficient (Wildman–Crippen LogP) is 2.52. The number of hydrogen-bond acceptors (Lipinski definition) is 4. The fraction of sp³-hybridized carbons (Fsp3) is 0.261. The molecule has 1 aliphatic rings. The van der Waals surface area contributed by atoms with E-state index in [0.717, 1.165) is 11.1 Å². The molecule has 154 valence electrons. The number of carbonyl (C=O) groups excluding carboxylic acids is 3. The molecule has 2 amide bonds. The number of likely N-dealkylation sites (tertiary alicyclic amines) is 1. The summed E-state index contributed by atoms with van der Waals surface area (Å²) in [5, 5.41) is 0. The third-order valence-corrected chi connectivity index (χ3v) is 5.67. The Morgan fingerprint density at radius 3 is 2.37 bits per heavy atom. The lowest BCUT2D eigenvalue weighted by Crippen LogP contribution is -2.44. The Morgan fingerprint density at radius 2 is 1.73 bits per heavy atom. The molecule has 3 heterocycles. The van der Waals surface area contributed by atoms with E-state index in [0.29, 0.717) is 42.9 Å². The molecule has 0 radical (unpaired) electrons. The lowest BCUT2D eigenvalue weighted by molar-refractivity contribution is -0.131. The highest BCUT2D eigenvalue weighted by atomic mass is 16.5. The molecule has 0 aliphatic carbocycles. The van der Waals surface area contributed by atoms with Crippen molar-refractivity contribution in [2.24, 2.45) is 11.7 Å². The summed E-state index contributed by atoms with van der Waals surface area (Å²) < 4.78 is 6.96.